The molecule has 0 aromatic rings. The molecule has 6 nitrogen and oxygen atoms in total. The maximum absolute atomic E-state index is 12.2. The molecule has 18 heavy (non-hydrogen) atoms. The summed E-state index contributed by atoms with van der Waals surface area (Å²) in [5.74, 6) is -0.107. The van der Waals surface area contributed by atoms with E-state index in [1.165, 1.54) is 4.90 Å². The van der Waals surface area contributed by atoms with Gasteiger partial charge in [0.05, 0.1) is 12.6 Å². The van der Waals surface area contributed by atoms with Crippen molar-refractivity contribution in [3.63, 3.8) is 0 Å². The Kier molecular flexibility index (Phi) is 6.07. The van der Waals surface area contributed by atoms with E-state index in [9.17, 15) is 9.59 Å². The summed E-state index contributed by atoms with van der Waals surface area (Å²) in [7, 11) is 1.68. The molecule has 0 aromatic heterocycles. The molecule has 0 saturated carbocycles. The van der Waals surface area contributed by atoms with Gasteiger partial charge < -0.3 is 15.5 Å². The van der Waals surface area contributed by atoms with E-state index in [0.717, 1.165) is 26.2 Å². The number of hydrogen-bond donors (Lipinski definition) is 2. The molecule has 1 rings (SSSR count). The van der Waals surface area contributed by atoms with Gasteiger partial charge in [-0.15, -0.1) is 0 Å². The second-order valence-corrected chi connectivity index (χ2v) is 4.61. The van der Waals surface area contributed by atoms with Gasteiger partial charge in [-0.3, -0.25) is 14.5 Å². The summed E-state index contributed by atoms with van der Waals surface area (Å²) in [4.78, 5) is 27.2. The normalized spacial score (nSPS) is 18.2. The summed E-state index contributed by atoms with van der Waals surface area (Å²) in [6.45, 7) is 8.07. The first-order valence-corrected chi connectivity index (χ1v) is 6.52. The molecule has 1 unspecified atom stereocenters. The lowest BCUT2D eigenvalue weighted by atomic mass is 10.2. The number of amides is 2. The van der Waals surface area contributed by atoms with Gasteiger partial charge in [-0.1, -0.05) is 0 Å². The first-order valence-electron chi connectivity index (χ1n) is 6.52. The van der Waals surface area contributed by atoms with E-state index in [1.54, 1.807) is 7.05 Å². The van der Waals surface area contributed by atoms with Gasteiger partial charge in [-0.2, -0.15) is 0 Å². The maximum Gasteiger partial charge on any atom is 0.239 e. The standard InChI is InChI=1S/C12H24N4O2/c1-4-14-11(17)9-15(3)12(18)10(2)16-7-5-13-6-8-16/h10,13H,4-9H2,1-3H3,(H,14,17). The molecule has 0 spiro atoms. The van der Waals surface area contributed by atoms with Crippen molar-refractivity contribution in [3.8, 4) is 0 Å². The fraction of sp³-hybridized carbons (Fsp3) is 0.833. The van der Waals surface area contributed by atoms with Crippen molar-refractivity contribution in [2.75, 3.05) is 46.3 Å². The van der Waals surface area contributed by atoms with Crippen LogP contribution >= 0.6 is 0 Å². The number of nitrogens with one attached hydrogen (secondary N) is 2. The van der Waals surface area contributed by atoms with Crippen molar-refractivity contribution in [1.29, 1.82) is 0 Å². The minimum atomic E-state index is -0.161. The maximum atomic E-state index is 12.2. The molecule has 0 bridgehead atoms. The Balaban J connectivity index is 2.43. The van der Waals surface area contributed by atoms with Crippen LogP contribution in [0.4, 0.5) is 0 Å². The van der Waals surface area contributed by atoms with Gasteiger partial charge in [0, 0.05) is 39.8 Å². The Labute approximate surface area is 109 Å². The highest BCUT2D eigenvalue weighted by atomic mass is 16.2. The predicted octanol–water partition coefficient (Wildman–Crippen LogP) is -1.13. The molecule has 2 amide bonds. The first kappa shape index (κ1) is 14.9. The average molecular weight is 256 g/mol. The molecule has 0 radical (unpaired) electrons. The number of piperazine rings is 1. The smallest absolute Gasteiger partial charge is 0.239 e. The van der Waals surface area contributed by atoms with Crippen LogP contribution in [0.2, 0.25) is 0 Å². The fourth-order valence-corrected chi connectivity index (χ4v) is 2.09. The molecule has 2 N–H and O–H groups in total. The van der Waals surface area contributed by atoms with Gasteiger partial charge in [0.1, 0.15) is 0 Å². The lowest BCUT2D eigenvalue weighted by Gasteiger charge is -2.33. The topological polar surface area (TPSA) is 64.7 Å². The summed E-state index contributed by atoms with van der Waals surface area (Å²) >= 11 is 0. The fourth-order valence-electron chi connectivity index (χ4n) is 2.09. The molecule has 6 heteroatoms. The van der Waals surface area contributed by atoms with Crippen molar-refractivity contribution in [3.05, 3.63) is 0 Å². The lowest BCUT2D eigenvalue weighted by Crippen LogP contribution is -2.53. The highest BCUT2D eigenvalue weighted by Gasteiger charge is 2.25. The molecule has 1 atom stereocenters. The highest BCUT2D eigenvalue weighted by Crippen LogP contribution is 2.04. The number of rotatable bonds is 5. The Morgan fingerprint density at radius 1 is 1.39 bits per heavy atom. The molecule has 104 valence electrons. The molecular weight excluding hydrogens is 232 g/mol. The van der Waals surface area contributed by atoms with E-state index in [-0.39, 0.29) is 24.4 Å². The molecule has 0 aliphatic carbocycles. The van der Waals surface area contributed by atoms with Crippen molar-refractivity contribution in [1.82, 2.24) is 20.4 Å². The molecule has 1 aliphatic heterocycles. The van der Waals surface area contributed by atoms with E-state index in [2.05, 4.69) is 15.5 Å². The molecule has 1 heterocycles. The van der Waals surface area contributed by atoms with E-state index in [4.69, 9.17) is 0 Å². The quantitative estimate of drug-likeness (QED) is 0.654. The summed E-state index contributed by atoms with van der Waals surface area (Å²) in [6, 6.07) is -0.161. The summed E-state index contributed by atoms with van der Waals surface area (Å²) in [6.07, 6.45) is 0. The zero-order valence-electron chi connectivity index (χ0n) is 11.5. The van der Waals surface area contributed by atoms with Gasteiger partial charge in [0.2, 0.25) is 11.8 Å². The van der Waals surface area contributed by atoms with Gasteiger partial charge in [-0.05, 0) is 13.8 Å². The van der Waals surface area contributed by atoms with Crippen LogP contribution in [0.25, 0.3) is 0 Å². The van der Waals surface area contributed by atoms with Gasteiger partial charge in [-0.25, -0.2) is 0 Å². The van der Waals surface area contributed by atoms with Crippen LogP contribution in [0.15, 0.2) is 0 Å². The number of carbonyl (C=O) groups is 2. The van der Waals surface area contributed by atoms with Crippen LogP contribution in [0.1, 0.15) is 13.8 Å². The Morgan fingerprint density at radius 2 is 2.00 bits per heavy atom. The van der Waals surface area contributed by atoms with Crippen molar-refractivity contribution in [2.45, 2.75) is 19.9 Å². The van der Waals surface area contributed by atoms with Crippen LogP contribution < -0.4 is 10.6 Å². The van der Waals surface area contributed by atoms with Gasteiger partial charge >= 0.3 is 0 Å². The third-order valence-corrected chi connectivity index (χ3v) is 3.19. The molecule has 1 fully saturated rings. The van der Waals surface area contributed by atoms with Crippen molar-refractivity contribution in [2.24, 2.45) is 0 Å². The minimum Gasteiger partial charge on any atom is -0.355 e. The number of carbonyl (C=O) groups excluding carboxylic acids is 2. The third kappa shape index (κ3) is 4.27. The van der Waals surface area contributed by atoms with Crippen LogP contribution in [-0.2, 0) is 9.59 Å². The van der Waals surface area contributed by atoms with Crippen LogP contribution in [0.3, 0.4) is 0 Å². The first-order chi connectivity index (χ1) is 8.56. The SMILES string of the molecule is CCNC(=O)CN(C)C(=O)C(C)N1CCNCC1. The summed E-state index contributed by atoms with van der Waals surface area (Å²) < 4.78 is 0. The molecule has 1 aliphatic rings. The second kappa shape index (κ2) is 7.33. The van der Waals surface area contributed by atoms with Gasteiger partial charge in [0.15, 0.2) is 0 Å². The second-order valence-electron chi connectivity index (χ2n) is 4.61. The third-order valence-electron chi connectivity index (χ3n) is 3.19. The number of likely N-dealkylation sites (N-methyl/N-ethyl adjacent to an activating group) is 2. The Hall–Kier alpha value is -1.14. The van der Waals surface area contributed by atoms with E-state index >= 15 is 0 Å². The number of hydrogen-bond acceptors (Lipinski definition) is 4. The predicted molar refractivity (Wildman–Crippen MR) is 70.2 cm³/mol. The van der Waals surface area contributed by atoms with E-state index in [0.29, 0.717) is 6.54 Å². The molecule has 0 aromatic carbocycles. The minimum absolute atomic E-state index is 0.00292. The largest absolute Gasteiger partial charge is 0.355 e. The van der Waals surface area contributed by atoms with Gasteiger partial charge in [0.25, 0.3) is 0 Å². The van der Waals surface area contributed by atoms with Crippen LogP contribution in [0, 0.1) is 0 Å². The van der Waals surface area contributed by atoms with Crippen LogP contribution in [0.5, 0.6) is 0 Å². The summed E-state index contributed by atoms with van der Waals surface area (Å²) in [5, 5.41) is 5.95. The zero-order chi connectivity index (χ0) is 13.5. The molecular formula is C12H24N4O2. The molecule has 1 saturated heterocycles. The van der Waals surface area contributed by atoms with E-state index in [1.807, 2.05) is 13.8 Å². The average Bonchev–Trinajstić information content (AvgIpc) is 2.38. The highest BCUT2D eigenvalue weighted by molar-refractivity contribution is 5.87. The zero-order valence-corrected chi connectivity index (χ0v) is 11.5. The van der Waals surface area contributed by atoms with Crippen molar-refractivity contribution < 1.29 is 9.59 Å². The van der Waals surface area contributed by atoms with E-state index < -0.39 is 0 Å². The Bertz CT molecular complexity index is 290. The number of nitrogens with zero attached hydrogens (tertiary/aromatic N) is 2. The van der Waals surface area contributed by atoms with Crippen molar-refractivity contribution >= 4 is 11.8 Å². The van der Waals surface area contributed by atoms with Crippen LogP contribution in [-0.4, -0.2) is 74.0 Å². The monoisotopic (exact) mass is 256 g/mol. The Morgan fingerprint density at radius 3 is 2.56 bits per heavy atom. The summed E-state index contributed by atoms with van der Waals surface area (Å²) in [5.41, 5.74) is 0. The lowest BCUT2D eigenvalue weighted by molar-refractivity contribution is -0.138.